The molecule has 4 rings (SSSR count). The van der Waals surface area contributed by atoms with Crippen molar-refractivity contribution in [3.63, 3.8) is 0 Å². The van der Waals surface area contributed by atoms with Crippen LogP contribution in [-0.2, 0) is 0 Å². The van der Waals surface area contributed by atoms with Crippen LogP contribution in [0.4, 0.5) is 5.13 Å². The van der Waals surface area contributed by atoms with Crippen LogP contribution in [0.25, 0.3) is 17.1 Å². The fourth-order valence-corrected chi connectivity index (χ4v) is 3.13. The Hall–Kier alpha value is -3.12. The highest BCUT2D eigenvalue weighted by molar-refractivity contribution is 7.14. The van der Waals surface area contributed by atoms with Gasteiger partial charge in [0.15, 0.2) is 5.13 Å². The van der Waals surface area contributed by atoms with E-state index in [4.69, 9.17) is 0 Å². The number of thiazole rings is 1. The van der Waals surface area contributed by atoms with Gasteiger partial charge in [-0.15, -0.1) is 11.3 Å². The molecule has 0 aliphatic heterocycles. The van der Waals surface area contributed by atoms with E-state index in [1.54, 1.807) is 6.07 Å². The van der Waals surface area contributed by atoms with Gasteiger partial charge in [-0.1, -0.05) is 6.07 Å². The molecule has 1 aromatic carbocycles. The maximum Gasteiger partial charge on any atom is 0.257 e. The molecular formula is C18H14N4OS. The number of carbonyl (C=O) groups is 1. The van der Waals surface area contributed by atoms with E-state index in [1.165, 1.54) is 11.3 Å². The van der Waals surface area contributed by atoms with Crippen LogP contribution in [0.2, 0.25) is 0 Å². The van der Waals surface area contributed by atoms with Gasteiger partial charge in [-0.05, 0) is 42.5 Å². The Bertz CT molecular complexity index is 955. The molecule has 0 spiro atoms. The monoisotopic (exact) mass is 334 g/mol. The second-order valence-corrected chi connectivity index (χ2v) is 6.07. The van der Waals surface area contributed by atoms with Gasteiger partial charge in [-0.25, -0.2) is 4.98 Å². The smallest absolute Gasteiger partial charge is 0.257 e. The standard InChI is InChI=1S/C18H14N4OS/c23-17(13-5-3-6-14(11-13)22-9-1-2-10-22)21-18-20-16(12-24-18)15-7-4-8-19-15/h1-12,19H,(H,20,21,23). The Morgan fingerprint density at radius 2 is 2.00 bits per heavy atom. The number of rotatable bonds is 4. The lowest BCUT2D eigenvalue weighted by Crippen LogP contribution is -2.12. The average Bonchev–Trinajstić information content (AvgIpc) is 3.36. The number of hydrogen-bond donors (Lipinski definition) is 2. The molecule has 6 heteroatoms. The third-order valence-electron chi connectivity index (χ3n) is 3.61. The summed E-state index contributed by atoms with van der Waals surface area (Å²) >= 11 is 1.40. The van der Waals surface area contributed by atoms with Crippen LogP contribution in [0, 0.1) is 0 Å². The molecule has 1 amide bonds. The molecular weight excluding hydrogens is 320 g/mol. The summed E-state index contributed by atoms with van der Waals surface area (Å²) < 4.78 is 1.96. The van der Waals surface area contributed by atoms with E-state index in [-0.39, 0.29) is 5.91 Å². The average molecular weight is 334 g/mol. The van der Waals surface area contributed by atoms with Gasteiger partial charge in [0.05, 0.1) is 11.4 Å². The Balaban J connectivity index is 1.53. The Labute approximate surface area is 142 Å². The van der Waals surface area contributed by atoms with E-state index in [0.717, 1.165) is 17.1 Å². The van der Waals surface area contributed by atoms with Gasteiger partial charge in [0, 0.05) is 35.2 Å². The van der Waals surface area contributed by atoms with Crippen molar-refractivity contribution in [3.05, 3.63) is 78.1 Å². The number of benzene rings is 1. The van der Waals surface area contributed by atoms with Crippen LogP contribution < -0.4 is 5.32 Å². The highest BCUT2D eigenvalue weighted by Crippen LogP contribution is 2.24. The molecule has 24 heavy (non-hydrogen) atoms. The van der Waals surface area contributed by atoms with Gasteiger partial charge >= 0.3 is 0 Å². The first-order valence-corrected chi connectivity index (χ1v) is 8.31. The second-order valence-electron chi connectivity index (χ2n) is 5.22. The maximum atomic E-state index is 12.5. The number of aromatic nitrogens is 3. The van der Waals surface area contributed by atoms with Crippen LogP contribution in [0.5, 0.6) is 0 Å². The molecule has 0 atom stereocenters. The molecule has 0 radical (unpaired) electrons. The Kier molecular flexibility index (Phi) is 3.72. The molecule has 0 bridgehead atoms. The number of hydrogen-bond acceptors (Lipinski definition) is 3. The molecule has 0 saturated heterocycles. The van der Waals surface area contributed by atoms with E-state index < -0.39 is 0 Å². The molecule has 0 aliphatic carbocycles. The van der Waals surface area contributed by atoms with Crippen molar-refractivity contribution in [1.82, 2.24) is 14.5 Å². The highest BCUT2D eigenvalue weighted by Gasteiger charge is 2.11. The summed E-state index contributed by atoms with van der Waals surface area (Å²) in [6, 6.07) is 15.2. The number of anilines is 1. The van der Waals surface area contributed by atoms with Crippen molar-refractivity contribution >= 4 is 22.4 Å². The van der Waals surface area contributed by atoms with E-state index in [2.05, 4.69) is 15.3 Å². The topological polar surface area (TPSA) is 62.7 Å². The fourth-order valence-electron chi connectivity index (χ4n) is 2.43. The lowest BCUT2D eigenvalue weighted by molar-refractivity contribution is 0.102. The van der Waals surface area contributed by atoms with Crippen molar-refractivity contribution in [2.45, 2.75) is 0 Å². The predicted molar refractivity (Wildman–Crippen MR) is 95.6 cm³/mol. The normalized spacial score (nSPS) is 10.7. The Morgan fingerprint density at radius 1 is 1.12 bits per heavy atom. The summed E-state index contributed by atoms with van der Waals surface area (Å²) in [6.07, 6.45) is 5.74. The van der Waals surface area contributed by atoms with E-state index in [0.29, 0.717) is 10.7 Å². The second kappa shape index (κ2) is 6.17. The first-order chi connectivity index (χ1) is 11.8. The van der Waals surface area contributed by atoms with Crippen molar-refractivity contribution in [2.75, 3.05) is 5.32 Å². The zero-order valence-electron chi connectivity index (χ0n) is 12.6. The zero-order valence-corrected chi connectivity index (χ0v) is 13.5. The molecule has 3 aromatic heterocycles. The summed E-state index contributed by atoms with van der Waals surface area (Å²) in [6.45, 7) is 0. The summed E-state index contributed by atoms with van der Waals surface area (Å²) in [5.74, 6) is -0.170. The quantitative estimate of drug-likeness (QED) is 0.588. The number of carbonyl (C=O) groups excluding carboxylic acids is 1. The molecule has 0 aliphatic rings. The van der Waals surface area contributed by atoms with Crippen molar-refractivity contribution in [3.8, 4) is 17.1 Å². The summed E-state index contributed by atoms with van der Waals surface area (Å²) in [5, 5.41) is 5.35. The molecule has 0 unspecified atom stereocenters. The van der Waals surface area contributed by atoms with Gasteiger partial charge in [0.25, 0.3) is 5.91 Å². The number of nitrogens with one attached hydrogen (secondary N) is 2. The molecule has 0 fully saturated rings. The lowest BCUT2D eigenvalue weighted by atomic mass is 10.2. The van der Waals surface area contributed by atoms with Gasteiger partial charge in [-0.2, -0.15) is 0 Å². The van der Waals surface area contributed by atoms with Crippen molar-refractivity contribution in [1.29, 1.82) is 0 Å². The third kappa shape index (κ3) is 2.87. The minimum absolute atomic E-state index is 0.170. The van der Waals surface area contributed by atoms with Gasteiger partial charge in [0.2, 0.25) is 0 Å². The van der Waals surface area contributed by atoms with Crippen LogP contribution in [-0.4, -0.2) is 20.4 Å². The van der Waals surface area contributed by atoms with E-state index >= 15 is 0 Å². The molecule has 4 aromatic rings. The Morgan fingerprint density at radius 3 is 2.79 bits per heavy atom. The van der Waals surface area contributed by atoms with Crippen molar-refractivity contribution < 1.29 is 4.79 Å². The summed E-state index contributed by atoms with van der Waals surface area (Å²) in [7, 11) is 0. The van der Waals surface area contributed by atoms with Crippen molar-refractivity contribution in [2.24, 2.45) is 0 Å². The van der Waals surface area contributed by atoms with Crippen LogP contribution in [0.1, 0.15) is 10.4 Å². The number of amides is 1. The van der Waals surface area contributed by atoms with E-state index in [1.807, 2.05) is 71.0 Å². The van der Waals surface area contributed by atoms with E-state index in [9.17, 15) is 4.79 Å². The molecule has 5 nitrogen and oxygen atoms in total. The highest BCUT2D eigenvalue weighted by atomic mass is 32.1. The lowest BCUT2D eigenvalue weighted by Gasteiger charge is -2.06. The zero-order chi connectivity index (χ0) is 16.4. The summed E-state index contributed by atoms with van der Waals surface area (Å²) in [5.41, 5.74) is 3.29. The number of aromatic amines is 1. The SMILES string of the molecule is O=C(Nc1nc(-c2ccc[nH]2)cs1)c1cccc(-n2cccc2)c1. The minimum Gasteiger partial charge on any atom is -0.360 e. The van der Waals surface area contributed by atoms with Crippen LogP contribution in [0.3, 0.4) is 0 Å². The first-order valence-electron chi connectivity index (χ1n) is 7.44. The summed E-state index contributed by atoms with van der Waals surface area (Å²) in [4.78, 5) is 20.0. The molecule has 3 heterocycles. The molecule has 118 valence electrons. The maximum absolute atomic E-state index is 12.5. The fraction of sp³-hybridized carbons (Fsp3) is 0. The first kappa shape index (κ1) is 14.5. The van der Waals surface area contributed by atoms with Gasteiger partial charge in [-0.3, -0.25) is 10.1 Å². The minimum atomic E-state index is -0.170. The van der Waals surface area contributed by atoms with Gasteiger partial charge in [0.1, 0.15) is 0 Å². The number of H-pyrrole nitrogens is 1. The largest absolute Gasteiger partial charge is 0.360 e. The molecule has 0 saturated carbocycles. The van der Waals surface area contributed by atoms with Crippen LogP contribution >= 0.6 is 11.3 Å². The number of nitrogens with zero attached hydrogens (tertiary/aromatic N) is 2. The molecule has 2 N–H and O–H groups in total. The van der Waals surface area contributed by atoms with Crippen LogP contribution in [0.15, 0.2) is 72.5 Å². The third-order valence-corrected chi connectivity index (χ3v) is 4.37. The van der Waals surface area contributed by atoms with Gasteiger partial charge < -0.3 is 9.55 Å². The predicted octanol–water partition coefficient (Wildman–Crippen LogP) is 4.18.